The number of benzene rings is 1. The molecule has 1 N–H and O–H groups in total. The van der Waals surface area contributed by atoms with Crippen molar-refractivity contribution in [1.82, 2.24) is 15.2 Å². The van der Waals surface area contributed by atoms with Crippen LogP contribution in [0.4, 0.5) is 5.95 Å². The Kier molecular flexibility index (Phi) is 4.63. The lowest BCUT2D eigenvalue weighted by Crippen LogP contribution is -2.38. The molecule has 0 saturated heterocycles. The Hall–Kier alpha value is -1.75. The SMILES string of the molecule is CCC(CC)N(CCO)c1nnc2ccccc2n1. The van der Waals surface area contributed by atoms with Crippen molar-refractivity contribution in [2.24, 2.45) is 0 Å². The number of aromatic nitrogens is 3. The maximum Gasteiger partial charge on any atom is 0.246 e. The number of para-hydroxylation sites is 1. The first kappa shape index (κ1) is 13.7. The van der Waals surface area contributed by atoms with E-state index in [1.54, 1.807) is 0 Å². The van der Waals surface area contributed by atoms with Crippen LogP contribution in [0.3, 0.4) is 0 Å². The van der Waals surface area contributed by atoms with Crippen LogP contribution in [-0.4, -0.2) is 39.5 Å². The van der Waals surface area contributed by atoms with E-state index in [0.717, 1.165) is 23.9 Å². The highest BCUT2D eigenvalue weighted by Crippen LogP contribution is 2.17. The van der Waals surface area contributed by atoms with Crippen molar-refractivity contribution in [3.8, 4) is 0 Å². The lowest BCUT2D eigenvalue weighted by Gasteiger charge is -2.29. The molecule has 5 nitrogen and oxygen atoms in total. The monoisotopic (exact) mass is 260 g/mol. The summed E-state index contributed by atoms with van der Waals surface area (Å²) in [5, 5.41) is 17.6. The molecule has 0 atom stereocenters. The normalized spacial score (nSPS) is 11.2. The van der Waals surface area contributed by atoms with Gasteiger partial charge in [-0.15, -0.1) is 10.2 Å². The fourth-order valence-electron chi connectivity index (χ4n) is 2.28. The molecule has 0 radical (unpaired) electrons. The van der Waals surface area contributed by atoms with Crippen molar-refractivity contribution in [1.29, 1.82) is 0 Å². The van der Waals surface area contributed by atoms with Gasteiger partial charge in [0.25, 0.3) is 0 Å². The van der Waals surface area contributed by atoms with Crippen LogP contribution >= 0.6 is 0 Å². The van der Waals surface area contributed by atoms with E-state index in [1.807, 2.05) is 29.2 Å². The van der Waals surface area contributed by atoms with Crippen molar-refractivity contribution in [2.75, 3.05) is 18.1 Å². The number of fused-ring (bicyclic) bond motifs is 1. The second-order valence-corrected chi connectivity index (χ2v) is 4.49. The van der Waals surface area contributed by atoms with Crippen LogP contribution in [0.15, 0.2) is 24.3 Å². The molecular formula is C14H20N4O. The molecule has 1 heterocycles. The zero-order valence-electron chi connectivity index (χ0n) is 11.5. The smallest absolute Gasteiger partial charge is 0.246 e. The van der Waals surface area contributed by atoms with Crippen LogP contribution in [0.5, 0.6) is 0 Å². The van der Waals surface area contributed by atoms with Gasteiger partial charge in [-0.3, -0.25) is 0 Å². The summed E-state index contributed by atoms with van der Waals surface area (Å²) in [6.07, 6.45) is 1.99. The molecule has 0 unspecified atom stereocenters. The summed E-state index contributed by atoms with van der Waals surface area (Å²) in [6, 6.07) is 8.01. The molecule has 0 saturated carbocycles. The minimum absolute atomic E-state index is 0.0900. The van der Waals surface area contributed by atoms with Crippen molar-refractivity contribution in [2.45, 2.75) is 32.7 Å². The first-order valence-electron chi connectivity index (χ1n) is 6.77. The number of rotatable bonds is 6. The summed E-state index contributed by atoms with van der Waals surface area (Å²) in [5.41, 5.74) is 1.63. The zero-order valence-corrected chi connectivity index (χ0v) is 11.5. The fourth-order valence-corrected chi connectivity index (χ4v) is 2.28. The van der Waals surface area contributed by atoms with Gasteiger partial charge in [-0.2, -0.15) is 0 Å². The quantitative estimate of drug-likeness (QED) is 0.861. The van der Waals surface area contributed by atoms with Gasteiger partial charge in [0.2, 0.25) is 5.95 Å². The van der Waals surface area contributed by atoms with E-state index in [-0.39, 0.29) is 6.61 Å². The van der Waals surface area contributed by atoms with Gasteiger partial charge in [0, 0.05) is 12.6 Å². The molecule has 0 fully saturated rings. The Morgan fingerprint density at radius 3 is 2.42 bits per heavy atom. The van der Waals surface area contributed by atoms with Crippen LogP contribution < -0.4 is 4.90 Å². The fraction of sp³-hybridized carbons (Fsp3) is 0.500. The molecule has 1 aromatic heterocycles. The molecule has 0 bridgehead atoms. The van der Waals surface area contributed by atoms with Crippen LogP contribution in [-0.2, 0) is 0 Å². The zero-order chi connectivity index (χ0) is 13.7. The number of hydrogen-bond donors (Lipinski definition) is 1. The molecule has 0 aliphatic carbocycles. The molecule has 102 valence electrons. The Morgan fingerprint density at radius 2 is 1.79 bits per heavy atom. The van der Waals surface area contributed by atoms with Crippen LogP contribution in [0.25, 0.3) is 11.0 Å². The summed E-state index contributed by atoms with van der Waals surface area (Å²) in [7, 11) is 0. The Morgan fingerprint density at radius 1 is 1.11 bits per heavy atom. The maximum absolute atomic E-state index is 9.23. The number of anilines is 1. The average Bonchev–Trinajstić information content (AvgIpc) is 2.47. The van der Waals surface area contributed by atoms with Gasteiger partial charge in [-0.25, -0.2) is 4.98 Å². The third kappa shape index (κ3) is 2.98. The maximum atomic E-state index is 9.23. The van der Waals surface area contributed by atoms with E-state index in [9.17, 15) is 5.11 Å². The topological polar surface area (TPSA) is 62.1 Å². The molecule has 19 heavy (non-hydrogen) atoms. The first-order valence-corrected chi connectivity index (χ1v) is 6.77. The lowest BCUT2D eigenvalue weighted by atomic mass is 10.1. The predicted molar refractivity (Wildman–Crippen MR) is 76.1 cm³/mol. The van der Waals surface area contributed by atoms with Crippen molar-refractivity contribution in [3.63, 3.8) is 0 Å². The second-order valence-electron chi connectivity index (χ2n) is 4.49. The molecule has 5 heteroatoms. The largest absolute Gasteiger partial charge is 0.395 e. The first-order chi connectivity index (χ1) is 9.30. The van der Waals surface area contributed by atoms with Crippen LogP contribution in [0.2, 0.25) is 0 Å². The Labute approximate surface area is 113 Å². The summed E-state index contributed by atoms with van der Waals surface area (Å²) in [5.74, 6) is 0.599. The highest BCUT2D eigenvalue weighted by Gasteiger charge is 2.18. The second kappa shape index (κ2) is 6.43. The van der Waals surface area contributed by atoms with E-state index in [0.29, 0.717) is 18.5 Å². The van der Waals surface area contributed by atoms with E-state index >= 15 is 0 Å². The third-order valence-electron chi connectivity index (χ3n) is 3.33. The average molecular weight is 260 g/mol. The van der Waals surface area contributed by atoms with Crippen LogP contribution in [0.1, 0.15) is 26.7 Å². The molecule has 2 aromatic rings. The van der Waals surface area contributed by atoms with Crippen molar-refractivity contribution in [3.05, 3.63) is 24.3 Å². The summed E-state index contributed by atoms with van der Waals surface area (Å²) >= 11 is 0. The van der Waals surface area contributed by atoms with E-state index in [1.165, 1.54) is 0 Å². The lowest BCUT2D eigenvalue weighted by molar-refractivity contribution is 0.295. The molecule has 0 aliphatic rings. The molecule has 0 amide bonds. The molecule has 0 aliphatic heterocycles. The van der Waals surface area contributed by atoms with Crippen molar-refractivity contribution >= 4 is 17.0 Å². The number of nitrogens with zero attached hydrogens (tertiary/aromatic N) is 4. The third-order valence-corrected chi connectivity index (χ3v) is 3.33. The highest BCUT2D eigenvalue weighted by atomic mass is 16.3. The molecule has 2 rings (SSSR count). The van der Waals surface area contributed by atoms with Gasteiger partial charge in [-0.1, -0.05) is 26.0 Å². The minimum Gasteiger partial charge on any atom is -0.395 e. The summed E-state index contributed by atoms with van der Waals surface area (Å²) in [6.45, 7) is 4.89. The summed E-state index contributed by atoms with van der Waals surface area (Å²) < 4.78 is 0. The standard InChI is InChI=1S/C14H20N4O/c1-3-11(4-2)18(9-10-19)14-15-12-7-5-6-8-13(12)16-17-14/h5-8,11,19H,3-4,9-10H2,1-2H3. The Bertz CT molecular complexity index is 528. The van der Waals surface area contributed by atoms with Gasteiger partial charge in [0.15, 0.2) is 0 Å². The van der Waals surface area contributed by atoms with E-state index < -0.39 is 0 Å². The van der Waals surface area contributed by atoms with Crippen LogP contribution in [0, 0.1) is 0 Å². The van der Waals surface area contributed by atoms with Gasteiger partial charge < -0.3 is 10.0 Å². The van der Waals surface area contributed by atoms with Crippen molar-refractivity contribution < 1.29 is 5.11 Å². The van der Waals surface area contributed by atoms with Gasteiger partial charge in [0.1, 0.15) is 5.52 Å². The molecular weight excluding hydrogens is 240 g/mol. The number of aliphatic hydroxyl groups excluding tert-OH is 1. The highest BCUT2D eigenvalue weighted by molar-refractivity contribution is 5.74. The summed E-state index contributed by atoms with van der Waals surface area (Å²) in [4.78, 5) is 6.59. The predicted octanol–water partition coefficient (Wildman–Crippen LogP) is 2.01. The molecule has 1 aromatic carbocycles. The van der Waals surface area contributed by atoms with E-state index in [4.69, 9.17) is 0 Å². The van der Waals surface area contributed by atoms with Gasteiger partial charge in [-0.05, 0) is 25.0 Å². The van der Waals surface area contributed by atoms with Gasteiger partial charge in [0.05, 0.1) is 12.1 Å². The molecule has 0 spiro atoms. The minimum atomic E-state index is 0.0900. The van der Waals surface area contributed by atoms with E-state index in [2.05, 4.69) is 29.0 Å². The Balaban J connectivity index is 2.37. The number of hydrogen-bond acceptors (Lipinski definition) is 5. The van der Waals surface area contributed by atoms with Gasteiger partial charge >= 0.3 is 0 Å². The number of aliphatic hydroxyl groups is 1.